The zero-order valence-corrected chi connectivity index (χ0v) is 11.3. The largest absolute Gasteiger partial charge is 0.438 e. The van der Waals surface area contributed by atoms with Gasteiger partial charge in [0.15, 0.2) is 0 Å². The summed E-state index contributed by atoms with van der Waals surface area (Å²) in [6, 6.07) is 0. The van der Waals surface area contributed by atoms with Crippen molar-refractivity contribution >= 4 is 25.2 Å². The van der Waals surface area contributed by atoms with E-state index in [0.717, 1.165) is 0 Å². The van der Waals surface area contributed by atoms with Crippen molar-refractivity contribution in [3.05, 3.63) is 0 Å². The first kappa shape index (κ1) is 17.7. The highest BCUT2D eigenvalue weighted by molar-refractivity contribution is 7.54. The van der Waals surface area contributed by atoms with Crippen LogP contribution in [0.4, 0.5) is 13.2 Å². The fourth-order valence-corrected chi connectivity index (χ4v) is 2.73. The van der Waals surface area contributed by atoms with Crippen LogP contribution in [0.15, 0.2) is 0 Å². The summed E-state index contributed by atoms with van der Waals surface area (Å²) in [4.78, 5) is 10.8. The van der Waals surface area contributed by atoms with Gasteiger partial charge in [-0.15, -0.1) is 11.6 Å². The van der Waals surface area contributed by atoms with Crippen LogP contribution in [0.2, 0.25) is 0 Å². The van der Waals surface area contributed by atoms with Gasteiger partial charge in [-0.25, -0.2) is 0 Å². The fraction of sp³-hybridized carbons (Fsp3) is 0.875. The molecule has 0 aliphatic rings. The lowest BCUT2D eigenvalue weighted by Crippen LogP contribution is -2.35. The van der Waals surface area contributed by atoms with Gasteiger partial charge in [-0.05, 0) is 13.8 Å². The van der Waals surface area contributed by atoms with E-state index in [1.807, 2.05) is 0 Å². The minimum Gasteiger partial charge on any atom is -0.438 e. The molecule has 0 fully saturated rings. The third-order valence-corrected chi connectivity index (χ3v) is 3.96. The normalized spacial score (nSPS) is 14.3. The van der Waals surface area contributed by atoms with Gasteiger partial charge in [0, 0.05) is 0 Å². The third-order valence-electron chi connectivity index (χ3n) is 1.54. The Kier molecular flexibility index (Phi) is 7.21. The number of carbonyl (C=O) groups is 1. The Balaban J connectivity index is 5.24. The monoisotopic (exact) mass is 312 g/mol. The second-order valence-electron chi connectivity index (χ2n) is 2.89. The van der Waals surface area contributed by atoms with Crippen LogP contribution in [0.3, 0.4) is 0 Å². The van der Waals surface area contributed by atoms with E-state index in [1.165, 1.54) is 13.8 Å². The highest BCUT2D eigenvalue weighted by atomic mass is 35.5. The molecule has 0 aromatic rings. The zero-order chi connectivity index (χ0) is 14.4. The maximum absolute atomic E-state index is 12.7. The predicted molar refractivity (Wildman–Crippen MR) is 57.5 cm³/mol. The molecule has 0 aromatic carbocycles. The van der Waals surface area contributed by atoms with Crippen molar-refractivity contribution in [3.63, 3.8) is 0 Å². The molecule has 0 heterocycles. The Morgan fingerprint density at radius 2 is 1.72 bits per heavy atom. The van der Waals surface area contributed by atoms with Crippen molar-refractivity contribution in [1.82, 2.24) is 0 Å². The van der Waals surface area contributed by atoms with Crippen LogP contribution in [0.25, 0.3) is 0 Å². The Labute approximate surface area is 107 Å². The summed E-state index contributed by atoms with van der Waals surface area (Å²) in [5.74, 6) is -5.14. The number of rotatable bonds is 7. The number of carbonyl (C=O) groups excluding carboxylic acids is 1. The second-order valence-corrected chi connectivity index (χ2v) is 5.23. The quantitative estimate of drug-likeness (QED) is 0.411. The van der Waals surface area contributed by atoms with Crippen LogP contribution in [0, 0.1) is 0 Å². The summed E-state index contributed by atoms with van der Waals surface area (Å²) >= 11 is 5.04. The number of ether oxygens (including phenoxy) is 1. The molecule has 0 unspecified atom stereocenters. The van der Waals surface area contributed by atoms with Gasteiger partial charge in [0.1, 0.15) is 5.88 Å². The first-order valence-electron chi connectivity index (χ1n) is 4.92. The van der Waals surface area contributed by atoms with Gasteiger partial charge in [0.05, 0.1) is 13.2 Å². The van der Waals surface area contributed by atoms with E-state index in [4.69, 9.17) is 11.6 Å². The number of alkyl halides is 4. The van der Waals surface area contributed by atoms with E-state index in [-0.39, 0.29) is 13.2 Å². The highest BCUT2D eigenvalue weighted by Crippen LogP contribution is 2.58. The predicted octanol–water partition coefficient (Wildman–Crippen LogP) is 2.92. The molecule has 0 aromatic heterocycles. The van der Waals surface area contributed by atoms with Crippen LogP contribution in [-0.2, 0) is 23.1 Å². The van der Waals surface area contributed by atoms with E-state index < -0.39 is 31.5 Å². The summed E-state index contributed by atoms with van der Waals surface area (Å²) < 4.78 is 63.1. The van der Waals surface area contributed by atoms with E-state index >= 15 is 0 Å². The van der Waals surface area contributed by atoms with Crippen molar-refractivity contribution in [2.75, 3.05) is 19.1 Å². The average molecular weight is 313 g/mol. The molecule has 0 saturated carbocycles. The Hall–Kier alpha value is -0.300. The van der Waals surface area contributed by atoms with E-state index in [0.29, 0.717) is 0 Å². The van der Waals surface area contributed by atoms with Gasteiger partial charge in [0.2, 0.25) is 0 Å². The third kappa shape index (κ3) is 5.14. The minimum absolute atomic E-state index is 0.289. The smallest absolute Gasteiger partial charge is 0.437 e. The van der Waals surface area contributed by atoms with Gasteiger partial charge in [-0.3, -0.25) is 9.36 Å². The van der Waals surface area contributed by atoms with Gasteiger partial charge in [-0.1, -0.05) is 0 Å². The molecule has 0 spiro atoms. The lowest BCUT2D eigenvalue weighted by molar-refractivity contribution is -0.202. The molecule has 0 aliphatic heterocycles. The zero-order valence-electron chi connectivity index (χ0n) is 9.70. The molecular formula is C8H13ClF3O5P. The standard InChI is InChI=1S/C8H13ClF3O5P/c1-3-15-18(14,16-4-2)7(8(10,11)12)17-6(13)5-9/h7H,3-5H2,1-2H3/t7-/m1/s1. The van der Waals surface area contributed by atoms with E-state index in [9.17, 15) is 22.5 Å². The Morgan fingerprint density at radius 1 is 1.28 bits per heavy atom. The van der Waals surface area contributed by atoms with Crippen LogP contribution in [0.1, 0.15) is 13.8 Å². The topological polar surface area (TPSA) is 61.8 Å². The molecule has 1 atom stereocenters. The number of hydrogen-bond acceptors (Lipinski definition) is 5. The first-order chi connectivity index (χ1) is 8.21. The lowest BCUT2D eigenvalue weighted by Gasteiger charge is -2.27. The maximum Gasteiger partial charge on any atom is 0.437 e. The first-order valence-corrected chi connectivity index (χ1v) is 7.06. The second kappa shape index (κ2) is 7.33. The van der Waals surface area contributed by atoms with Crippen LogP contribution in [0.5, 0.6) is 0 Å². The molecule has 10 heteroatoms. The Bertz CT molecular complexity index is 312. The van der Waals surface area contributed by atoms with Crippen LogP contribution < -0.4 is 0 Å². The molecule has 0 saturated heterocycles. The summed E-state index contributed by atoms with van der Waals surface area (Å²) in [5, 5.41) is 0. The molecule has 0 aliphatic carbocycles. The van der Waals surface area contributed by atoms with E-state index in [2.05, 4.69) is 13.8 Å². The molecule has 0 bridgehead atoms. The molecule has 0 N–H and O–H groups in total. The molecule has 0 amide bonds. The number of hydrogen-bond donors (Lipinski definition) is 0. The SMILES string of the molecule is CCOP(=O)(OCC)[C@@H](OC(=O)CCl)C(F)(F)F. The van der Waals surface area contributed by atoms with Crippen LogP contribution in [-0.4, -0.2) is 37.1 Å². The van der Waals surface area contributed by atoms with Gasteiger partial charge >= 0.3 is 19.7 Å². The molecule has 108 valence electrons. The number of esters is 1. The van der Waals surface area contributed by atoms with Crippen molar-refractivity contribution in [2.24, 2.45) is 0 Å². The molecule has 18 heavy (non-hydrogen) atoms. The molecule has 5 nitrogen and oxygen atoms in total. The van der Waals surface area contributed by atoms with Gasteiger partial charge in [0.25, 0.3) is 5.85 Å². The fourth-order valence-electron chi connectivity index (χ4n) is 0.999. The van der Waals surface area contributed by atoms with Crippen molar-refractivity contribution < 1.29 is 36.3 Å². The molecular weight excluding hydrogens is 300 g/mol. The van der Waals surface area contributed by atoms with Crippen molar-refractivity contribution in [1.29, 1.82) is 0 Å². The van der Waals surface area contributed by atoms with Gasteiger partial charge in [-0.2, -0.15) is 13.2 Å². The summed E-state index contributed by atoms with van der Waals surface area (Å²) in [6.07, 6.45) is -5.08. The molecule has 0 rings (SSSR count). The van der Waals surface area contributed by atoms with Crippen molar-refractivity contribution in [3.8, 4) is 0 Å². The summed E-state index contributed by atoms with van der Waals surface area (Å²) in [5.41, 5.74) is 0. The molecule has 0 radical (unpaired) electrons. The van der Waals surface area contributed by atoms with Crippen LogP contribution >= 0.6 is 19.2 Å². The number of halogens is 4. The van der Waals surface area contributed by atoms with E-state index in [1.54, 1.807) is 0 Å². The summed E-state index contributed by atoms with van der Waals surface area (Å²) in [6.45, 7) is 2.09. The highest BCUT2D eigenvalue weighted by Gasteiger charge is 2.57. The van der Waals surface area contributed by atoms with Gasteiger partial charge < -0.3 is 13.8 Å². The lowest BCUT2D eigenvalue weighted by atomic mass is 10.7. The van der Waals surface area contributed by atoms with Crippen molar-refractivity contribution in [2.45, 2.75) is 25.9 Å². The minimum atomic E-state index is -5.08. The summed E-state index contributed by atoms with van der Waals surface area (Å²) in [7, 11) is -4.64. The maximum atomic E-state index is 12.7. The Morgan fingerprint density at radius 3 is 2.00 bits per heavy atom. The average Bonchev–Trinajstić information content (AvgIpc) is 2.24.